The predicted octanol–water partition coefficient (Wildman–Crippen LogP) is 4.71. The largest absolute Gasteiger partial charge is 0.484 e. The number of ether oxygens (including phenoxy) is 1. The van der Waals surface area contributed by atoms with Crippen molar-refractivity contribution in [3.05, 3.63) is 64.7 Å². The topological polar surface area (TPSA) is 58.6 Å². The van der Waals surface area contributed by atoms with E-state index in [1.54, 1.807) is 4.90 Å². The zero-order valence-electron chi connectivity index (χ0n) is 19.7. The highest BCUT2D eigenvalue weighted by Crippen LogP contribution is 2.19. The van der Waals surface area contributed by atoms with Crippen molar-refractivity contribution in [2.24, 2.45) is 0 Å². The molecule has 5 nitrogen and oxygen atoms in total. The minimum absolute atomic E-state index is 0.0590. The van der Waals surface area contributed by atoms with Gasteiger partial charge in [-0.05, 0) is 74.9 Å². The first kappa shape index (κ1) is 24.4. The molecule has 0 aliphatic carbocycles. The van der Waals surface area contributed by atoms with Crippen LogP contribution in [0.1, 0.15) is 55.9 Å². The maximum absolute atomic E-state index is 13.3. The minimum Gasteiger partial charge on any atom is -0.484 e. The summed E-state index contributed by atoms with van der Waals surface area (Å²) in [4.78, 5) is 27.9. The lowest BCUT2D eigenvalue weighted by Gasteiger charge is -2.31. The number of nitrogens with zero attached hydrogens (tertiary/aromatic N) is 1. The quantitative estimate of drug-likeness (QED) is 0.601. The molecule has 2 rings (SSSR count). The lowest BCUT2D eigenvalue weighted by Crippen LogP contribution is -2.51. The molecule has 0 bridgehead atoms. The average molecular weight is 425 g/mol. The van der Waals surface area contributed by atoms with E-state index < -0.39 is 6.04 Å². The van der Waals surface area contributed by atoms with E-state index in [4.69, 9.17) is 4.74 Å². The number of hydrogen-bond acceptors (Lipinski definition) is 3. The molecule has 168 valence electrons. The van der Waals surface area contributed by atoms with Gasteiger partial charge in [-0.1, -0.05) is 44.2 Å². The van der Waals surface area contributed by atoms with Crippen molar-refractivity contribution in [1.29, 1.82) is 0 Å². The third-order valence-corrected chi connectivity index (χ3v) is 5.83. The van der Waals surface area contributed by atoms with Crippen LogP contribution >= 0.6 is 0 Å². The van der Waals surface area contributed by atoms with Crippen molar-refractivity contribution >= 4 is 11.8 Å². The molecule has 2 aromatic rings. The second kappa shape index (κ2) is 11.5. The van der Waals surface area contributed by atoms with Crippen molar-refractivity contribution in [3.8, 4) is 5.75 Å². The number of amides is 2. The van der Waals surface area contributed by atoms with Crippen LogP contribution in [0.2, 0.25) is 0 Å². The van der Waals surface area contributed by atoms with Crippen molar-refractivity contribution < 1.29 is 14.3 Å². The molecule has 2 amide bonds. The number of nitrogens with one attached hydrogen (secondary N) is 1. The summed E-state index contributed by atoms with van der Waals surface area (Å²) in [7, 11) is 0. The van der Waals surface area contributed by atoms with Crippen LogP contribution in [0.15, 0.2) is 42.5 Å². The molecule has 31 heavy (non-hydrogen) atoms. The Morgan fingerprint density at radius 2 is 1.68 bits per heavy atom. The van der Waals surface area contributed by atoms with Gasteiger partial charge in [-0.15, -0.1) is 0 Å². The zero-order valence-corrected chi connectivity index (χ0v) is 19.7. The van der Waals surface area contributed by atoms with E-state index in [0.29, 0.717) is 18.7 Å². The summed E-state index contributed by atoms with van der Waals surface area (Å²) in [5, 5.41) is 3.03. The molecular weight excluding hydrogens is 388 g/mol. The number of rotatable bonds is 10. The number of carbonyl (C=O) groups excluding carboxylic acids is 2. The molecule has 0 saturated heterocycles. The first-order chi connectivity index (χ1) is 14.8. The summed E-state index contributed by atoms with van der Waals surface area (Å²) < 4.78 is 5.81. The second-order valence-corrected chi connectivity index (χ2v) is 8.22. The van der Waals surface area contributed by atoms with Crippen LogP contribution in [0.25, 0.3) is 0 Å². The average Bonchev–Trinajstić information content (AvgIpc) is 2.75. The maximum atomic E-state index is 13.3. The van der Waals surface area contributed by atoms with E-state index in [1.807, 2.05) is 84.0 Å². The van der Waals surface area contributed by atoms with Gasteiger partial charge in [0, 0.05) is 12.6 Å². The molecule has 0 aliphatic rings. The Balaban J connectivity index is 2.24. The third kappa shape index (κ3) is 6.84. The van der Waals surface area contributed by atoms with Crippen molar-refractivity contribution in [2.75, 3.05) is 6.61 Å². The lowest BCUT2D eigenvalue weighted by molar-refractivity contribution is -0.143. The Hall–Kier alpha value is -2.82. The maximum Gasteiger partial charge on any atom is 0.261 e. The van der Waals surface area contributed by atoms with Gasteiger partial charge in [0.05, 0.1) is 0 Å². The van der Waals surface area contributed by atoms with Crippen LogP contribution in [-0.4, -0.2) is 35.4 Å². The van der Waals surface area contributed by atoms with Gasteiger partial charge in [0.15, 0.2) is 6.61 Å². The molecule has 5 heteroatoms. The SMILES string of the molecule is CCC(C)NC(=O)C(CC)N(Cc1ccccc1C)C(=O)COc1ccc(C)c(C)c1. The smallest absolute Gasteiger partial charge is 0.261 e. The summed E-state index contributed by atoms with van der Waals surface area (Å²) in [5.74, 6) is 0.335. The Morgan fingerprint density at radius 1 is 0.968 bits per heavy atom. The monoisotopic (exact) mass is 424 g/mol. The Morgan fingerprint density at radius 3 is 2.29 bits per heavy atom. The predicted molar refractivity (Wildman–Crippen MR) is 125 cm³/mol. The van der Waals surface area contributed by atoms with Crippen molar-refractivity contribution in [2.45, 2.75) is 73.0 Å². The van der Waals surface area contributed by atoms with Gasteiger partial charge in [-0.2, -0.15) is 0 Å². The van der Waals surface area contributed by atoms with Crippen molar-refractivity contribution in [1.82, 2.24) is 10.2 Å². The molecule has 2 aromatic carbocycles. The summed E-state index contributed by atoms with van der Waals surface area (Å²) >= 11 is 0. The molecule has 0 heterocycles. The van der Waals surface area contributed by atoms with Gasteiger partial charge < -0.3 is 15.0 Å². The Bertz CT molecular complexity index is 894. The fourth-order valence-corrected chi connectivity index (χ4v) is 3.36. The molecular formula is C26H36N2O3. The first-order valence-electron chi connectivity index (χ1n) is 11.1. The Labute approximate surface area is 186 Å². The van der Waals surface area contributed by atoms with E-state index in [-0.39, 0.29) is 24.5 Å². The molecule has 0 saturated carbocycles. The van der Waals surface area contributed by atoms with E-state index in [9.17, 15) is 9.59 Å². The van der Waals surface area contributed by atoms with Crippen molar-refractivity contribution in [3.63, 3.8) is 0 Å². The van der Waals surface area contributed by atoms with Gasteiger partial charge in [0.25, 0.3) is 5.91 Å². The van der Waals surface area contributed by atoms with E-state index in [1.165, 1.54) is 5.56 Å². The number of carbonyl (C=O) groups is 2. The van der Waals surface area contributed by atoms with Gasteiger partial charge in [0.2, 0.25) is 5.91 Å². The lowest BCUT2D eigenvalue weighted by atomic mass is 10.1. The highest BCUT2D eigenvalue weighted by Gasteiger charge is 2.29. The van der Waals surface area contributed by atoms with E-state index in [2.05, 4.69) is 5.32 Å². The van der Waals surface area contributed by atoms with Crippen LogP contribution in [0.3, 0.4) is 0 Å². The molecule has 0 radical (unpaired) electrons. The molecule has 0 fully saturated rings. The summed E-state index contributed by atoms with van der Waals surface area (Å²) in [6, 6.07) is 13.2. The molecule has 0 spiro atoms. The van der Waals surface area contributed by atoms with Gasteiger partial charge >= 0.3 is 0 Å². The van der Waals surface area contributed by atoms with E-state index in [0.717, 1.165) is 23.1 Å². The molecule has 1 N–H and O–H groups in total. The highest BCUT2D eigenvalue weighted by molar-refractivity contribution is 5.88. The van der Waals surface area contributed by atoms with Gasteiger partial charge in [-0.25, -0.2) is 0 Å². The van der Waals surface area contributed by atoms with E-state index >= 15 is 0 Å². The number of hydrogen-bond donors (Lipinski definition) is 1. The fraction of sp³-hybridized carbons (Fsp3) is 0.462. The van der Waals surface area contributed by atoms with Crippen LogP contribution in [0.4, 0.5) is 0 Å². The van der Waals surface area contributed by atoms with Crippen LogP contribution < -0.4 is 10.1 Å². The van der Waals surface area contributed by atoms with Gasteiger partial charge in [0.1, 0.15) is 11.8 Å². The summed E-state index contributed by atoms with van der Waals surface area (Å²) in [6.45, 7) is 12.3. The minimum atomic E-state index is -0.551. The number of aryl methyl sites for hydroxylation is 3. The fourth-order valence-electron chi connectivity index (χ4n) is 3.36. The molecule has 0 aliphatic heterocycles. The standard InChI is InChI=1S/C26H36N2O3/c1-7-21(6)27-26(30)24(8-2)28(16-22-12-10-9-11-19(22)4)25(29)17-31-23-14-13-18(3)20(5)15-23/h9-15,21,24H,7-8,16-17H2,1-6H3,(H,27,30). The molecule has 2 unspecified atom stereocenters. The normalized spacial score (nSPS) is 12.7. The zero-order chi connectivity index (χ0) is 23.0. The van der Waals surface area contributed by atoms with Crippen LogP contribution in [0, 0.1) is 20.8 Å². The highest BCUT2D eigenvalue weighted by atomic mass is 16.5. The Kier molecular flexibility index (Phi) is 9.10. The molecule has 0 aromatic heterocycles. The molecule has 2 atom stereocenters. The summed E-state index contributed by atoms with van der Waals surface area (Å²) in [5.41, 5.74) is 4.40. The summed E-state index contributed by atoms with van der Waals surface area (Å²) in [6.07, 6.45) is 1.37. The van der Waals surface area contributed by atoms with Gasteiger partial charge in [-0.3, -0.25) is 9.59 Å². The second-order valence-electron chi connectivity index (χ2n) is 8.22. The van der Waals surface area contributed by atoms with Crippen LogP contribution in [-0.2, 0) is 16.1 Å². The third-order valence-electron chi connectivity index (χ3n) is 5.83. The first-order valence-corrected chi connectivity index (χ1v) is 11.1. The number of benzene rings is 2. The van der Waals surface area contributed by atoms with Crippen LogP contribution in [0.5, 0.6) is 5.75 Å².